The molecule has 0 aliphatic rings. The quantitative estimate of drug-likeness (QED) is 0.799. The Morgan fingerprint density at radius 2 is 1.88 bits per heavy atom. The number of ether oxygens (including phenoxy) is 1. The van der Waals surface area contributed by atoms with Crippen molar-refractivity contribution in [2.75, 3.05) is 6.61 Å². The number of hydrogen-bond donors (Lipinski definition) is 1. The van der Waals surface area contributed by atoms with Crippen LogP contribution >= 0.6 is 10.7 Å². The number of hydrogen-bond acceptors (Lipinski definition) is 4. The first kappa shape index (κ1) is 12.8. The van der Waals surface area contributed by atoms with E-state index < -0.39 is 15.0 Å². The topological polar surface area (TPSA) is 86.5 Å². The zero-order valence-electron chi connectivity index (χ0n) is 8.22. The molecule has 0 aliphatic carbocycles. The van der Waals surface area contributed by atoms with Gasteiger partial charge in [-0.05, 0) is 24.3 Å². The number of nitrogens with two attached hydrogens (primary N) is 1. The molecule has 0 bridgehead atoms. The predicted molar refractivity (Wildman–Crippen MR) is 58.8 cm³/mol. The van der Waals surface area contributed by atoms with Crippen molar-refractivity contribution in [1.82, 2.24) is 0 Å². The molecule has 1 aromatic rings. The van der Waals surface area contributed by atoms with Gasteiger partial charge in [-0.25, -0.2) is 8.42 Å². The number of carbonyl (C=O) groups is 1. The first-order valence-corrected chi connectivity index (χ1v) is 6.66. The lowest BCUT2D eigenvalue weighted by Gasteiger charge is -2.04. The highest BCUT2D eigenvalue weighted by Gasteiger charge is 2.09. The third-order valence-electron chi connectivity index (χ3n) is 1.72. The summed E-state index contributed by atoms with van der Waals surface area (Å²) in [5.41, 5.74) is 4.92. The van der Waals surface area contributed by atoms with E-state index in [2.05, 4.69) is 0 Å². The van der Waals surface area contributed by atoms with Crippen LogP contribution in [-0.2, 0) is 13.8 Å². The number of amides is 1. The second kappa shape index (κ2) is 5.18. The Hall–Kier alpha value is -1.27. The van der Waals surface area contributed by atoms with Gasteiger partial charge in [-0.1, -0.05) is 0 Å². The van der Waals surface area contributed by atoms with Gasteiger partial charge in [-0.3, -0.25) is 4.79 Å². The summed E-state index contributed by atoms with van der Waals surface area (Å²) in [5.74, 6) is -0.00901. The molecule has 2 N–H and O–H groups in total. The van der Waals surface area contributed by atoms with Gasteiger partial charge in [0.15, 0.2) is 0 Å². The highest BCUT2D eigenvalue weighted by molar-refractivity contribution is 8.13. The molecule has 88 valence electrons. The van der Waals surface area contributed by atoms with Gasteiger partial charge in [-0.2, -0.15) is 0 Å². The molecule has 7 heteroatoms. The molecule has 0 atom stereocenters. The van der Waals surface area contributed by atoms with Crippen molar-refractivity contribution in [2.45, 2.75) is 11.3 Å². The molecule has 1 aromatic carbocycles. The average molecular weight is 264 g/mol. The van der Waals surface area contributed by atoms with Crippen molar-refractivity contribution in [3.05, 3.63) is 24.3 Å². The summed E-state index contributed by atoms with van der Waals surface area (Å²) < 4.78 is 27.0. The molecule has 1 amide bonds. The molecule has 0 unspecified atom stereocenters. The van der Waals surface area contributed by atoms with Crippen LogP contribution in [0.2, 0.25) is 0 Å². The van der Waals surface area contributed by atoms with Crippen LogP contribution in [0.25, 0.3) is 0 Å². The third-order valence-corrected chi connectivity index (χ3v) is 3.09. The Labute approximate surface area is 97.6 Å². The second-order valence-electron chi connectivity index (χ2n) is 2.97. The second-order valence-corrected chi connectivity index (χ2v) is 5.54. The molecular formula is C9H10ClNO4S. The summed E-state index contributed by atoms with van der Waals surface area (Å²) in [6.07, 6.45) is 0.107. The molecule has 0 spiro atoms. The van der Waals surface area contributed by atoms with Crippen LogP contribution < -0.4 is 10.5 Å². The van der Waals surface area contributed by atoms with Gasteiger partial charge in [0, 0.05) is 10.7 Å². The van der Waals surface area contributed by atoms with E-state index in [1.807, 2.05) is 0 Å². The van der Waals surface area contributed by atoms with Crippen LogP contribution in [0.1, 0.15) is 6.42 Å². The molecule has 0 saturated heterocycles. The number of primary amides is 1. The lowest BCUT2D eigenvalue weighted by molar-refractivity contribution is -0.118. The predicted octanol–water partition coefficient (Wildman–Crippen LogP) is 0.868. The lowest BCUT2D eigenvalue weighted by atomic mass is 10.3. The van der Waals surface area contributed by atoms with Crippen molar-refractivity contribution < 1.29 is 17.9 Å². The van der Waals surface area contributed by atoms with Crippen LogP contribution in [0.5, 0.6) is 5.75 Å². The largest absolute Gasteiger partial charge is 0.493 e. The maximum atomic E-state index is 10.9. The number of benzene rings is 1. The Morgan fingerprint density at radius 3 is 2.31 bits per heavy atom. The van der Waals surface area contributed by atoms with Crippen LogP contribution in [-0.4, -0.2) is 20.9 Å². The molecular weight excluding hydrogens is 254 g/mol. The summed E-state index contributed by atoms with van der Waals surface area (Å²) in [4.78, 5) is 10.4. The maximum absolute atomic E-state index is 10.9. The lowest BCUT2D eigenvalue weighted by Crippen LogP contribution is -2.14. The monoisotopic (exact) mass is 263 g/mol. The summed E-state index contributed by atoms with van der Waals surface area (Å²) in [6.45, 7) is 0.155. The van der Waals surface area contributed by atoms with Gasteiger partial charge >= 0.3 is 0 Å². The van der Waals surface area contributed by atoms with E-state index in [1.165, 1.54) is 24.3 Å². The number of halogens is 1. The zero-order valence-corrected chi connectivity index (χ0v) is 9.79. The Morgan fingerprint density at radius 1 is 1.31 bits per heavy atom. The fourth-order valence-electron chi connectivity index (χ4n) is 0.968. The molecule has 0 aromatic heterocycles. The summed E-state index contributed by atoms with van der Waals surface area (Å²) >= 11 is 0. The van der Waals surface area contributed by atoms with E-state index in [-0.39, 0.29) is 17.9 Å². The van der Waals surface area contributed by atoms with Crippen molar-refractivity contribution in [3.8, 4) is 5.75 Å². The van der Waals surface area contributed by atoms with Gasteiger partial charge in [0.2, 0.25) is 5.91 Å². The van der Waals surface area contributed by atoms with Gasteiger partial charge in [-0.15, -0.1) is 0 Å². The molecule has 1 rings (SSSR count). The van der Waals surface area contributed by atoms with E-state index in [4.69, 9.17) is 21.2 Å². The minimum absolute atomic E-state index is 0.00332. The van der Waals surface area contributed by atoms with Crippen LogP contribution in [0.3, 0.4) is 0 Å². The highest BCUT2D eigenvalue weighted by atomic mass is 35.7. The smallest absolute Gasteiger partial charge is 0.261 e. The first-order chi connectivity index (χ1) is 7.39. The van der Waals surface area contributed by atoms with Crippen molar-refractivity contribution in [1.29, 1.82) is 0 Å². The fourth-order valence-corrected chi connectivity index (χ4v) is 1.74. The molecule has 0 heterocycles. The first-order valence-electron chi connectivity index (χ1n) is 4.35. The van der Waals surface area contributed by atoms with Crippen molar-refractivity contribution in [2.24, 2.45) is 5.73 Å². The summed E-state index contributed by atoms with van der Waals surface area (Å²) in [7, 11) is 1.42. The van der Waals surface area contributed by atoms with Crippen molar-refractivity contribution >= 4 is 25.6 Å². The highest BCUT2D eigenvalue weighted by Crippen LogP contribution is 2.18. The zero-order chi connectivity index (χ0) is 12.2. The van der Waals surface area contributed by atoms with Gasteiger partial charge in [0.25, 0.3) is 9.05 Å². The van der Waals surface area contributed by atoms with E-state index in [1.54, 1.807) is 0 Å². The minimum atomic E-state index is -3.71. The maximum Gasteiger partial charge on any atom is 0.261 e. The van der Waals surface area contributed by atoms with E-state index >= 15 is 0 Å². The minimum Gasteiger partial charge on any atom is -0.493 e. The van der Waals surface area contributed by atoms with E-state index in [0.29, 0.717) is 5.75 Å². The van der Waals surface area contributed by atoms with Crippen molar-refractivity contribution in [3.63, 3.8) is 0 Å². The molecule has 0 fully saturated rings. The molecule has 16 heavy (non-hydrogen) atoms. The van der Waals surface area contributed by atoms with Gasteiger partial charge in [0.1, 0.15) is 5.75 Å². The molecule has 0 radical (unpaired) electrons. The van der Waals surface area contributed by atoms with Gasteiger partial charge < -0.3 is 10.5 Å². The van der Waals surface area contributed by atoms with Crippen LogP contribution in [0, 0.1) is 0 Å². The summed E-state index contributed by atoms with van der Waals surface area (Å²) in [5, 5.41) is 0. The average Bonchev–Trinajstić information content (AvgIpc) is 2.16. The Bertz CT molecular complexity index is 469. The van der Waals surface area contributed by atoms with Gasteiger partial charge in [0.05, 0.1) is 17.9 Å². The van der Waals surface area contributed by atoms with E-state index in [9.17, 15) is 13.2 Å². The number of rotatable bonds is 5. The third kappa shape index (κ3) is 4.08. The summed E-state index contributed by atoms with van der Waals surface area (Å²) in [6, 6.07) is 5.55. The van der Waals surface area contributed by atoms with E-state index in [0.717, 1.165) is 0 Å². The SMILES string of the molecule is NC(=O)CCOc1ccc(S(=O)(=O)Cl)cc1. The molecule has 0 saturated carbocycles. The van der Waals surface area contributed by atoms with Crippen LogP contribution in [0.4, 0.5) is 0 Å². The fraction of sp³-hybridized carbons (Fsp3) is 0.222. The Balaban J connectivity index is 2.62. The molecule has 0 aliphatic heterocycles. The number of carbonyl (C=O) groups excluding carboxylic acids is 1. The normalized spacial score (nSPS) is 11.1. The Kier molecular flexibility index (Phi) is 4.14. The molecule has 5 nitrogen and oxygen atoms in total. The standard InChI is InChI=1S/C9H10ClNO4S/c10-16(13,14)8-3-1-7(2-4-8)15-6-5-9(11)12/h1-4H,5-6H2,(H2,11,12). The van der Waals surface area contributed by atoms with Crippen LogP contribution in [0.15, 0.2) is 29.2 Å².